The molecule has 0 radical (unpaired) electrons. The molecule has 0 spiro atoms. The highest BCUT2D eigenvalue weighted by Crippen LogP contribution is 2.58. The summed E-state index contributed by atoms with van der Waals surface area (Å²) in [5, 5.41) is 8.45. The fourth-order valence-electron chi connectivity index (χ4n) is 10.3. The molecule has 8 aromatic carbocycles. The molecule has 12 aromatic rings. The normalized spacial score (nSPS) is 13.5. The Morgan fingerprint density at radius 3 is 1.97 bits per heavy atom. The quantitative estimate of drug-likeness (QED) is 0.180. The van der Waals surface area contributed by atoms with Crippen LogP contribution in [-0.2, 0) is 5.41 Å². The van der Waals surface area contributed by atoms with Crippen molar-refractivity contribution in [2.24, 2.45) is 0 Å². The van der Waals surface area contributed by atoms with Crippen LogP contribution in [0, 0.1) is 0 Å². The number of rotatable bonds is 3. The standard InChI is InChI=1S/C53H34N4S/c1-53(2)39-23-11-6-19-34(39)45-48(53)46-36-21-8-14-26-42(36)57(51(46)47-37-22-9-13-25-41(37)56(50(45)47)32-16-4-3-5-17-32)52-54-40-24-12-7-20-35(40)49(55-52)31-28-29-44-38(30-31)33-18-10-15-27-43(33)58-44/h3-30H,1-2H3. The van der Waals surface area contributed by atoms with Gasteiger partial charge in [-0.05, 0) is 65.2 Å². The van der Waals surface area contributed by atoms with Gasteiger partial charge in [-0.1, -0.05) is 135 Å². The monoisotopic (exact) mass is 758 g/mol. The number of para-hydroxylation sites is 4. The minimum atomic E-state index is -0.278. The largest absolute Gasteiger partial charge is 0.309 e. The molecule has 0 saturated heterocycles. The summed E-state index contributed by atoms with van der Waals surface area (Å²) in [6.07, 6.45) is 0. The number of thiophene rings is 1. The summed E-state index contributed by atoms with van der Waals surface area (Å²) in [6.45, 7) is 4.80. The lowest BCUT2D eigenvalue weighted by atomic mass is 9.80. The molecule has 4 heterocycles. The maximum atomic E-state index is 5.65. The van der Waals surface area contributed by atoms with Gasteiger partial charge in [0, 0.05) is 69.3 Å². The van der Waals surface area contributed by atoms with Crippen molar-refractivity contribution in [3.8, 4) is 34.0 Å². The zero-order valence-electron chi connectivity index (χ0n) is 31.9. The van der Waals surface area contributed by atoms with Gasteiger partial charge < -0.3 is 4.57 Å². The Balaban J connectivity index is 1.24. The van der Waals surface area contributed by atoms with E-state index in [1.165, 1.54) is 75.0 Å². The van der Waals surface area contributed by atoms with Gasteiger partial charge >= 0.3 is 0 Å². The van der Waals surface area contributed by atoms with Gasteiger partial charge in [0.1, 0.15) is 0 Å². The summed E-state index contributed by atoms with van der Waals surface area (Å²) >= 11 is 1.84. The van der Waals surface area contributed by atoms with E-state index >= 15 is 0 Å². The topological polar surface area (TPSA) is 35.6 Å². The van der Waals surface area contributed by atoms with Crippen molar-refractivity contribution in [1.29, 1.82) is 0 Å². The van der Waals surface area contributed by atoms with E-state index in [0.717, 1.165) is 38.9 Å². The second-order valence-electron chi connectivity index (χ2n) is 16.1. The van der Waals surface area contributed by atoms with Crippen LogP contribution in [0.25, 0.3) is 109 Å². The number of fused-ring (bicyclic) bond motifs is 16. The van der Waals surface area contributed by atoms with Gasteiger partial charge in [0.15, 0.2) is 0 Å². The third-order valence-electron chi connectivity index (χ3n) is 12.7. The first-order valence-corrected chi connectivity index (χ1v) is 20.7. The van der Waals surface area contributed by atoms with E-state index in [1.54, 1.807) is 0 Å². The second kappa shape index (κ2) is 11.5. The third-order valence-corrected chi connectivity index (χ3v) is 13.8. The summed E-state index contributed by atoms with van der Waals surface area (Å²) < 4.78 is 7.45. The third kappa shape index (κ3) is 4.13. The van der Waals surface area contributed by atoms with Crippen LogP contribution in [0.5, 0.6) is 0 Å². The van der Waals surface area contributed by atoms with Crippen LogP contribution in [0.4, 0.5) is 0 Å². The Morgan fingerprint density at radius 1 is 0.500 bits per heavy atom. The molecule has 58 heavy (non-hydrogen) atoms. The molecule has 4 nitrogen and oxygen atoms in total. The van der Waals surface area contributed by atoms with Crippen molar-refractivity contribution in [2.75, 3.05) is 0 Å². The van der Waals surface area contributed by atoms with Crippen LogP contribution >= 0.6 is 11.3 Å². The number of hydrogen-bond donors (Lipinski definition) is 0. The summed E-state index contributed by atoms with van der Waals surface area (Å²) in [5.41, 5.74) is 13.7. The molecular weight excluding hydrogens is 725 g/mol. The zero-order chi connectivity index (χ0) is 38.3. The molecule has 0 bridgehead atoms. The van der Waals surface area contributed by atoms with Crippen molar-refractivity contribution in [3.05, 3.63) is 181 Å². The highest BCUT2D eigenvalue weighted by molar-refractivity contribution is 7.25. The molecule has 1 aliphatic rings. The van der Waals surface area contributed by atoms with Gasteiger partial charge in [-0.25, -0.2) is 9.97 Å². The van der Waals surface area contributed by atoms with E-state index < -0.39 is 0 Å². The number of benzene rings is 8. The molecule has 13 rings (SSSR count). The summed E-state index contributed by atoms with van der Waals surface area (Å²) in [4.78, 5) is 11.1. The SMILES string of the molecule is CC1(C)c2ccccc2-c2c1c1c3ccccc3n(-c3nc(-c4ccc5sc6ccccc6c5c4)c4ccccc4n3)c1c1c3ccccc3n(-c3ccccc3)c21. The first kappa shape index (κ1) is 32.1. The van der Waals surface area contributed by atoms with E-state index in [-0.39, 0.29) is 5.41 Å². The molecule has 4 aromatic heterocycles. The lowest BCUT2D eigenvalue weighted by Crippen LogP contribution is -2.15. The predicted molar refractivity (Wildman–Crippen MR) is 244 cm³/mol. The molecule has 0 amide bonds. The van der Waals surface area contributed by atoms with Gasteiger partial charge in [0.2, 0.25) is 5.95 Å². The predicted octanol–water partition coefficient (Wildman–Crippen LogP) is 14.2. The highest BCUT2D eigenvalue weighted by Gasteiger charge is 2.41. The van der Waals surface area contributed by atoms with Crippen LogP contribution < -0.4 is 0 Å². The minimum Gasteiger partial charge on any atom is -0.309 e. The van der Waals surface area contributed by atoms with Gasteiger partial charge in [-0.15, -0.1) is 11.3 Å². The molecule has 272 valence electrons. The molecule has 0 saturated carbocycles. The Morgan fingerprint density at radius 2 is 1.14 bits per heavy atom. The molecular formula is C53H34N4S. The van der Waals surface area contributed by atoms with Crippen molar-refractivity contribution in [3.63, 3.8) is 0 Å². The van der Waals surface area contributed by atoms with E-state index in [0.29, 0.717) is 5.95 Å². The first-order chi connectivity index (χ1) is 28.6. The smallest absolute Gasteiger partial charge is 0.235 e. The van der Waals surface area contributed by atoms with Crippen LogP contribution in [0.2, 0.25) is 0 Å². The Labute approximate surface area is 337 Å². The Kier molecular flexibility index (Phi) is 6.36. The summed E-state index contributed by atoms with van der Waals surface area (Å²) in [7, 11) is 0. The first-order valence-electron chi connectivity index (χ1n) is 19.9. The van der Waals surface area contributed by atoms with Crippen LogP contribution in [0.15, 0.2) is 170 Å². The molecule has 1 aliphatic carbocycles. The fourth-order valence-corrected chi connectivity index (χ4v) is 11.4. The van der Waals surface area contributed by atoms with Crippen molar-refractivity contribution < 1.29 is 0 Å². The fraction of sp³-hybridized carbons (Fsp3) is 0.0566. The molecule has 0 N–H and O–H groups in total. The van der Waals surface area contributed by atoms with Crippen LogP contribution in [0.3, 0.4) is 0 Å². The molecule has 0 fully saturated rings. The maximum absolute atomic E-state index is 5.65. The number of aromatic nitrogens is 4. The summed E-state index contributed by atoms with van der Waals surface area (Å²) in [5.74, 6) is 0.668. The van der Waals surface area contributed by atoms with Crippen molar-refractivity contribution in [2.45, 2.75) is 19.3 Å². The molecule has 5 heteroatoms. The lowest BCUT2D eigenvalue weighted by Gasteiger charge is -2.23. The van der Waals surface area contributed by atoms with Gasteiger partial charge in [0.25, 0.3) is 0 Å². The minimum absolute atomic E-state index is 0.278. The number of hydrogen-bond acceptors (Lipinski definition) is 3. The van der Waals surface area contributed by atoms with E-state index in [4.69, 9.17) is 9.97 Å². The van der Waals surface area contributed by atoms with Crippen molar-refractivity contribution >= 4 is 86.0 Å². The van der Waals surface area contributed by atoms with E-state index in [2.05, 4.69) is 193 Å². The van der Waals surface area contributed by atoms with Crippen molar-refractivity contribution in [1.82, 2.24) is 19.1 Å². The van der Waals surface area contributed by atoms with Gasteiger partial charge in [-0.2, -0.15) is 0 Å². The lowest BCUT2D eigenvalue weighted by molar-refractivity contribution is 0.667. The summed E-state index contributed by atoms with van der Waals surface area (Å²) in [6, 6.07) is 61.7. The zero-order valence-corrected chi connectivity index (χ0v) is 32.7. The number of nitrogens with zero attached hydrogens (tertiary/aromatic N) is 4. The average Bonchev–Trinajstić information content (AvgIpc) is 3.98. The van der Waals surface area contributed by atoms with E-state index in [9.17, 15) is 0 Å². The van der Waals surface area contributed by atoms with Crippen LogP contribution in [-0.4, -0.2) is 19.1 Å². The highest BCUT2D eigenvalue weighted by atomic mass is 32.1. The molecule has 0 unspecified atom stereocenters. The van der Waals surface area contributed by atoms with Gasteiger partial charge in [-0.3, -0.25) is 4.57 Å². The average molecular weight is 759 g/mol. The Bertz CT molecular complexity index is 3710. The second-order valence-corrected chi connectivity index (χ2v) is 17.2. The maximum Gasteiger partial charge on any atom is 0.235 e. The Hall–Kier alpha value is -7.08. The molecule has 0 aliphatic heterocycles. The van der Waals surface area contributed by atoms with Crippen LogP contribution in [0.1, 0.15) is 25.0 Å². The van der Waals surface area contributed by atoms with Gasteiger partial charge in [0.05, 0.1) is 33.3 Å². The van der Waals surface area contributed by atoms with E-state index in [1.807, 2.05) is 11.3 Å². The molecule has 0 atom stereocenters.